The van der Waals surface area contributed by atoms with E-state index >= 15 is 0 Å². The molecule has 4 aromatic rings. The Hall–Kier alpha value is -2.99. The molecular formula is C19H20N4O2. The molecule has 6 nitrogen and oxygen atoms in total. The maximum atomic E-state index is 5.85. The highest BCUT2D eigenvalue weighted by Gasteiger charge is 2.16. The van der Waals surface area contributed by atoms with Crippen LogP contribution in [0, 0.1) is 0 Å². The molecule has 0 atom stereocenters. The van der Waals surface area contributed by atoms with Gasteiger partial charge in [0.2, 0.25) is 0 Å². The maximum Gasteiger partial charge on any atom is 0.162 e. The maximum absolute atomic E-state index is 5.85. The average molecular weight is 336 g/mol. The lowest BCUT2D eigenvalue weighted by atomic mass is 10.1. The van der Waals surface area contributed by atoms with Gasteiger partial charge in [0.25, 0.3) is 0 Å². The zero-order valence-corrected chi connectivity index (χ0v) is 14.5. The third-order valence-electron chi connectivity index (χ3n) is 4.63. The number of aromatic amines is 1. The van der Waals surface area contributed by atoms with Crippen LogP contribution in [0.25, 0.3) is 33.2 Å². The number of aromatic nitrogens is 3. The van der Waals surface area contributed by atoms with E-state index < -0.39 is 0 Å². The molecule has 25 heavy (non-hydrogen) atoms. The molecule has 0 fully saturated rings. The molecule has 3 N–H and O–H groups in total. The number of rotatable bonds is 4. The van der Waals surface area contributed by atoms with Crippen molar-refractivity contribution < 1.29 is 9.47 Å². The Morgan fingerprint density at radius 3 is 2.60 bits per heavy atom. The first-order valence-corrected chi connectivity index (χ1v) is 8.04. The van der Waals surface area contributed by atoms with Crippen molar-refractivity contribution in [1.82, 2.24) is 14.5 Å². The van der Waals surface area contributed by atoms with Crippen molar-refractivity contribution in [2.45, 2.75) is 6.54 Å². The van der Waals surface area contributed by atoms with E-state index in [1.165, 1.54) is 0 Å². The van der Waals surface area contributed by atoms with Crippen molar-refractivity contribution in [3.05, 3.63) is 42.2 Å². The number of benzene rings is 1. The van der Waals surface area contributed by atoms with Gasteiger partial charge in [-0.2, -0.15) is 0 Å². The number of H-pyrrole nitrogens is 1. The minimum Gasteiger partial charge on any atom is -0.493 e. The number of pyridine rings is 1. The molecule has 4 rings (SSSR count). The normalized spacial score (nSPS) is 11.4. The van der Waals surface area contributed by atoms with E-state index in [-0.39, 0.29) is 0 Å². The van der Waals surface area contributed by atoms with Gasteiger partial charge in [0, 0.05) is 54.1 Å². The van der Waals surface area contributed by atoms with E-state index in [9.17, 15) is 0 Å². The minimum absolute atomic E-state index is 0.483. The topological polar surface area (TPSA) is 78.1 Å². The van der Waals surface area contributed by atoms with Gasteiger partial charge >= 0.3 is 0 Å². The monoisotopic (exact) mass is 336 g/mol. The van der Waals surface area contributed by atoms with E-state index in [4.69, 9.17) is 15.2 Å². The molecule has 3 aromatic heterocycles. The summed E-state index contributed by atoms with van der Waals surface area (Å²) in [7, 11) is 5.31. The van der Waals surface area contributed by atoms with Crippen LogP contribution in [-0.4, -0.2) is 28.8 Å². The van der Waals surface area contributed by atoms with Gasteiger partial charge in [0.1, 0.15) is 5.65 Å². The second-order valence-corrected chi connectivity index (χ2v) is 6.00. The third-order valence-corrected chi connectivity index (χ3v) is 4.63. The molecule has 6 heteroatoms. The molecule has 3 heterocycles. The number of ether oxygens (including phenoxy) is 2. The van der Waals surface area contributed by atoms with Crippen molar-refractivity contribution in [2.75, 3.05) is 14.2 Å². The van der Waals surface area contributed by atoms with Crippen LogP contribution in [0.2, 0.25) is 0 Å². The Morgan fingerprint density at radius 1 is 1.12 bits per heavy atom. The van der Waals surface area contributed by atoms with Gasteiger partial charge in [-0.1, -0.05) is 0 Å². The van der Waals surface area contributed by atoms with Gasteiger partial charge in [-0.15, -0.1) is 0 Å². The Morgan fingerprint density at radius 2 is 1.88 bits per heavy atom. The number of methoxy groups -OCH3 is 2. The lowest BCUT2D eigenvalue weighted by molar-refractivity contribution is 0.355. The molecule has 0 bridgehead atoms. The lowest BCUT2D eigenvalue weighted by Crippen LogP contribution is -1.96. The highest BCUT2D eigenvalue weighted by atomic mass is 16.5. The van der Waals surface area contributed by atoms with Gasteiger partial charge in [-0.3, -0.25) is 0 Å². The van der Waals surface area contributed by atoms with Crippen LogP contribution in [0.5, 0.6) is 11.5 Å². The predicted octanol–water partition coefficient (Wildman–Crippen LogP) is 3.20. The second-order valence-electron chi connectivity index (χ2n) is 6.00. The van der Waals surface area contributed by atoms with Crippen LogP contribution in [0.3, 0.4) is 0 Å². The average Bonchev–Trinajstić information content (AvgIpc) is 3.21. The Bertz CT molecular complexity index is 1080. The molecule has 0 aliphatic carbocycles. The fourth-order valence-corrected chi connectivity index (χ4v) is 3.33. The fourth-order valence-electron chi connectivity index (χ4n) is 3.33. The number of nitrogens with zero attached hydrogens (tertiary/aromatic N) is 2. The molecule has 0 saturated heterocycles. The van der Waals surface area contributed by atoms with Crippen molar-refractivity contribution >= 4 is 21.9 Å². The van der Waals surface area contributed by atoms with Gasteiger partial charge in [-0.05, 0) is 23.8 Å². The number of nitrogens with two attached hydrogens (primary N) is 1. The summed E-state index contributed by atoms with van der Waals surface area (Å²) in [5.74, 6) is 1.42. The van der Waals surface area contributed by atoms with Crippen LogP contribution in [0.1, 0.15) is 5.56 Å². The summed E-state index contributed by atoms with van der Waals surface area (Å²) in [6.07, 6.45) is 3.87. The smallest absolute Gasteiger partial charge is 0.162 e. The number of hydrogen-bond acceptors (Lipinski definition) is 4. The number of hydrogen-bond donors (Lipinski definition) is 2. The molecule has 0 spiro atoms. The zero-order chi connectivity index (χ0) is 17.6. The summed E-state index contributed by atoms with van der Waals surface area (Å²) >= 11 is 0. The molecule has 0 aliphatic heterocycles. The van der Waals surface area contributed by atoms with Crippen LogP contribution in [0.4, 0.5) is 0 Å². The van der Waals surface area contributed by atoms with Crippen LogP contribution >= 0.6 is 0 Å². The molecule has 0 saturated carbocycles. The molecule has 0 amide bonds. The number of aryl methyl sites for hydroxylation is 1. The summed E-state index contributed by atoms with van der Waals surface area (Å²) < 4.78 is 13.0. The molecule has 1 aromatic carbocycles. The van der Waals surface area contributed by atoms with Gasteiger partial charge in [-0.25, -0.2) is 4.98 Å². The van der Waals surface area contributed by atoms with Crippen molar-refractivity contribution in [3.8, 4) is 22.8 Å². The SMILES string of the molecule is COc1cc2c(-c3cc4c(CN)ccnc4[nH]3)cn(C)c2cc1OC. The molecule has 0 unspecified atom stereocenters. The van der Waals surface area contributed by atoms with Crippen molar-refractivity contribution in [2.24, 2.45) is 12.8 Å². The third kappa shape index (κ3) is 2.34. The highest BCUT2D eigenvalue weighted by molar-refractivity contribution is 5.99. The quantitative estimate of drug-likeness (QED) is 0.600. The van der Waals surface area contributed by atoms with Crippen LogP contribution in [-0.2, 0) is 13.6 Å². The Balaban J connectivity index is 1.98. The van der Waals surface area contributed by atoms with E-state index in [1.54, 1.807) is 20.4 Å². The first-order chi connectivity index (χ1) is 12.2. The molecule has 0 radical (unpaired) electrons. The van der Waals surface area contributed by atoms with E-state index in [1.807, 2.05) is 25.2 Å². The summed E-state index contributed by atoms with van der Waals surface area (Å²) in [5, 5.41) is 2.14. The largest absolute Gasteiger partial charge is 0.493 e. The molecule has 128 valence electrons. The zero-order valence-electron chi connectivity index (χ0n) is 14.5. The van der Waals surface area contributed by atoms with Gasteiger partial charge < -0.3 is 24.8 Å². The second kappa shape index (κ2) is 5.82. The first kappa shape index (κ1) is 15.5. The standard InChI is InChI=1S/C19H20N4O2/c1-23-10-14(13-7-17(24-2)18(25-3)8-16(13)23)15-6-12-11(9-20)4-5-21-19(12)22-15/h4-8,10H,9,20H2,1-3H3,(H,21,22). The van der Waals surface area contributed by atoms with Crippen molar-refractivity contribution in [1.29, 1.82) is 0 Å². The number of nitrogens with one attached hydrogen (secondary N) is 1. The van der Waals surface area contributed by atoms with Crippen LogP contribution < -0.4 is 15.2 Å². The Kier molecular flexibility index (Phi) is 3.62. The highest BCUT2D eigenvalue weighted by Crippen LogP contribution is 2.38. The van der Waals surface area contributed by atoms with E-state index in [0.717, 1.165) is 38.8 Å². The first-order valence-electron chi connectivity index (χ1n) is 8.04. The minimum atomic E-state index is 0.483. The van der Waals surface area contributed by atoms with Gasteiger partial charge in [0.15, 0.2) is 11.5 Å². The predicted molar refractivity (Wildman–Crippen MR) is 99.0 cm³/mol. The Labute approximate surface area is 145 Å². The molecular weight excluding hydrogens is 316 g/mol. The van der Waals surface area contributed by atoms with Crippen molar-refractivity contribution in [3.63, 3.8) is 0 Å². The summed E-state index contributed by atoms with van der Waals surface area (Å²) in [6.45, 7) is 0.483. The van der Waals surface area contributed by atoms with Crippen LogP contribution in [0.15, 0.2) is 36.7 Å². The van der Waals surface area contributed by atoms with E-state index in [2.05, 4.69) is 26.8 Å². The summed E-state index contributed by atoms with van der Waals surface area (Å²) in [4.78, 5) is 7.83. The van der Waals surface area contributed by atoms with Gasteiger partial charge in [0.05, 0.1) is 19.7 Å². The fraction of sp³-hybridized carbons (Fsp3) is 0.211. The lowest BCUT2D eigenvalue weighted by Gasteiger charge is -2.08. The number of fused-ring (bicyclic) bond motifs is 2. The summed E-state index contributed by atoms with van der Waals surface area (Å²) in [5.41, 5.74) is 10.9. The molecule has 0 aliphatic rings. The summed E-state index contributed by atoms with van der Waals surface area (Å²) in [6, 6.07) is 8.06. The van der Waals surface area contributed by atoms with E-state index in [0.29, 0.717) is 18.0 Å².